The van der Waals surface area contributed by atoms with Crippen LogP contribution < -0.4 is 4.74 Å². The lowest BCUT2D eigenvalue weighted by atomic mass is 10.2. The van der Waals surface area contributed by atoms with Crippen LogP contribution in [-0.4, -0.2) is 24.3 Å². The van der Waals surface area contributed by atoms with Crippen LogP contribution >= 0.6 is 0 Å². The topological polar surface area (TPSA) is 156 Å². The fourth-order valence-electron chi connectivity index (χ4n) is 1.62. The average Bonchev–Trinajstić information content (AvgIpc) is 2.89. The highest BCUT2D eigenvalue weighted by atomic mass is 16.6. The highest BCUT2D eigenvalue weighted by molar-refractivity contribution is 5.53. The molecule has 1 aromatic heterocycles. The number of hydrogen-bond acceptors (Lipinski definition) is 8. The summed E-state index contributed by atoms with van der Waals surface area (Å²) in [6.07, 6.45) is 0.857. The van der Waals surface area contributed by atoms with Crippen molar-refractivity contribution < 1.29 is 22.2 Å². The number of ether oxygens (including phenoxy) is 1. The molecule has 2 rings (SSSR count). The average molecular weight is 325 g/mol. The van der Waals surface area contributed by atoms with Crippen LogP contribution in [0.4, 0.5) is 17.3 Å². The Labute approximate surface area is 130 Å². The van der Waals surface area contributed by atoms with E-state index in [1.807, 2.05) is 0 Å². The molecule has 0 amide bonds. The molecule has 120 valence electrons. The third-order valence-corrected chi connectivity index (χ3v) is 2.74. The third-order valence-electron chi connectivity index (χ3n) is 2.74. The van der Waals surface area contributed by atoms with Crippen LogP contribution in [0.3, 0.4) is 0 Å². The molecule has 0 fully saturated rings. The number of nitro groups is 3. The Morgan fingerprint density at radius 3 is 2.43 bits per heavy atom. The first-order chi connectivity index (χ1) is 11.5. The minimum absolute atomic E-state index is 0.369. The summed E-state index contributed by atoms with van der Waals surface area (Å²) in [5.74, 6) is -1.23. The number of nitrogens with zero attached hydrogens (tertiary/aromatic N) is 5. The molecule has 0 atom stereocenters. The van der Waals surface area contributed by atoms with Crippen molar-refractivity contribution in [1.82, 2.24) is 9.55 Å². The summed E-state index contributed by atoms with van der Waals surface area (Å²) in [5, 5.41) is 32.5. The van der Waals surface area contributed by atoms with Gasteiger partial charge in [0, 0.05) is 6.07 Å². The summed E-state index contributed by atoms with van der Waals surface area (Å²) in [6.45, 7) is -2.73. The molecule has 0 radical (unpaired) electrons. The van der Waals surface area contributed by atoms with Crippen LogP contribution in [0.2, 0.25) is 0 Å². The van der Waals surface area contributed by atoms with Gasteiger partial charge in [-0.15, -0.1) is 0 Å². The van der Waals surface area contributed by atoms with Crippen molar-refractivity contribution in [3.63, 3.8) is 0 Å². The monoisotopic (exact) mass is 325 g/mol. The van der Waals surface area contributed by atoms with E-state index in [-0.39, 0.29) is 5.69 Å². The van der Waals surface area contributed by atoms with Crippen molar-refractivity contribution in [3.05, 3.63) is 60.4 Å². The van der Waals surface area contributed by atoms with Crippen molar-refractivity contribution in [3.8, 4) is 5.75 Å². The first kappa shape index (κ1) is 13.1. The molecule has 0 N–H and O–H groups in total. The lowest BCUT2D eigenvalue weighted by Crippen LogP contribution is -2.06. The Hall–Kier alpha value is -3.57. The Balaban J connectivity index is 2.45. The minimum atomic E-state index is -2.73. The van der Waals surface area contributed by atoms with E-state index >= 15 is 0 Å². The Morgan fingerprint density at radius 1 is 1.22 bits per heavy atom. The quantitative estimate of drug-likeness (QED) is 0.573. The largest absolute Gasteiger partial charge is 0.479 e. The van der Waals surface area contributed by atoms with Crippen molar-refractivity contribution in [2.75, 3.05) is 0 Å². The normalized spacial score (nSPS) is 12.2. The molecule has 1 aromatic carbocycles. The van der Waals surface area contributed by atoms with Gasteiger partial charge in [0.15, 0.2) is 11.4 Å². The molecule has 23 heavy (non-hydrogen) atoms. The summed E-state index contributed by atoms with van der Waals surface area (Å²) in [5.41, 5.74) is -1.77. The number of non-ortho nitro benzene ring substituents is 1. The van der Waals surface area contributed by atoms with Crippen LogP contribution in [-0.2, 0) is 13.6 Å². The van der Waals surface area contributed by atoms with Gasteiger partial charge in [0.1, 0.15) is 12.8 Å². The molecule has 0 bridgehead atoms. The SMILES string of the molecule is [2H]C([2H])(Oc1ccc([N+](=O)[O-])cc1[N+](=O)[O-])c1cnc([N+](=O)[O-])n1C. The number of benzene rings is 1. The van der Waals surface area contributed by atoms with Gasteiger partial charge in [0.05, 0.1) is 25.7 Å². The van der Waals surface area contributed by atoms with Gasteiger partial charge in [0.2, 0.25) is 0 Å². The smallest absolute Gasteiger partial charge is 0.434 e. The van der Waals surface area contributed by atoms with E-state index in [1.54, 1.807) is 0 Å². The van der Waals surface area contributed by atoms with Gasteiger partial charge in [-0.3, -0.25) is 20.2 Å². The predicted octanol–water partition coefficient (Wildman–Crippen LogP) is 1.72. The maximum atomic E-state index is 11.1. The highest BCUT2D eigenvalue weighted by Crippen LogP contribution is 2.31. The van der Waals surface area contributed by atoms with Gasteiger partial charge in [-0.2, -0.15) is 0 Å². The van der Waals surface area contributed by atoms with E-state index in [2.05, 4.69) is 4.98 Å². The molecular formula is C11H9N5O7. The molecule has 2 aromatic rings. The van der Waals surface area contributed by atoms with Gasteiger partial charge >= 0.3 is 11.6 Å². The fraction of sp³-hybridized carbons (Fsp3) is 0.182. The summed E-state index contributed by atoms with van der Waals surface area (Å²) in [4.78, 5) is 33.3. The summed E-state index contributed by atoms with van der Waals surface area (Å²) < 4.78 is 21.6. The van der Waals surface area contributed by atoms with E-state index in [0.717, 1.165) is 22.9 Å². The van der Waals surface area contributed by atoms with Gasteiger partial charge in [0.25, 0.3) is 5.69 Å². The zero-order valence-electron chi connectivity index (χ0n) is 13.4. The molecule has 0 saturated carbocycles. The third kappa shape index (κ3) is 3.20. The molecule has 0 aliphatic rings. The van der Waals surface area contributed by atoms with Crippen LogP contribution in [0.5, 0.6) is 5.75 Å². The second-order valence-corrected chi connectivity index (χ2v) is 4.13. The number of aromatic nitrogens is 2. The van der Waals surface area contributed by atoms with E-state index < -0.39 is 44.4 Å². The Bertz CT molecular complexity index is 882. The van der Waals surface area contributed by atoms with E-state index in [1.165, 1.54) is 7.05 Å². The molecule has 12 nitrogen and oxygen atoms in total. The van der Waals surface area contributed by atoms with Crippen molar-refractivity contribution in [2.45, 2.75) is 6.56 Å². The van der Waals surface area contributed by atoms with Gasteiger partial charge in [-0.25, -0.2) is 4.57 Å². The van der Waals surface area contributed by atoms with Gasteiger partial charge in [-0.05, 0) is 11.0 Å². The van der Waals surface area contributed by atoms with E-state index in [0.29, 0.717) is 6.07 Å². The molecule has 0 aliphatic heterocycles. The summed E-state index contributed by atoms with van der Waals surface area (Å²) >= 11 is 0. The molecule has 0 aliphatic carbocycles. The fourth-order valence-corrected chi connectivity index (χ4v) is 1.62. The molecule has 0 unspecified atom stereocenters. The van der Waals surface area contributed by atoms with E-state index in [4.69, 9.17) is 7.48 Å². The maximum Gasteiger partial charge on any atom is 0.434 e. The van der Waals surface area contributed by atoms with Crippen molar-refractivity contribution >= 4 is 17.3 Å². The van der Waals surface area contributed by atoms with E-state index in [9.17, 15) is 30.3 Å². The number of nitro benzene ring substituents is 2. The summed E-state index contributed by atoms with van der Waals surface area (Å²) in [7, 11) is 1.17. The summed E-state index contributed by atoms with van der Waals surface area (Å²) in [6, 6.07) is 2.40. The zero-order valence-corrected chi connectivity index (χ0v) is 11.4. The van der Waals surface area contributed by atoms with Gasteiger partial charge in [-0.1, -0.05) is 4.98 Å². The maximum absolute atomic E-state index is 11.1. The first-order valence-corrected chi connectivity index (χ1v) is 5.83. The second-order valence-electron chi connectivity index (χ2n) is 4.13. The molecule has 0 saturated heterocycles. The number of hydrogen-bond donors (Lipinski definition) is 0. The highest BCUT2D eigenvalue weighted by Gasteiger charge is 2.22. The Morgan fingerprint density at radius 2 is 1.91 bits per heavy atom. The second kappa shape index (κ2) is 6.05. The van der Waals surface area contributed by atoms with Crippen molar-refractivity contribution in [2.24, 2.45) is 7.05 Å². The molecule has 1 heterocycles. The lowest BCUT2D eigenvalue weighted by Gasteiger charge is -2.05. The predicted molar refractivity (Wildman–Crippen MR) is 73.9 cm³/mol. The van der Waals surface area contributed by atoms with Crippen LogP contribution in [0.15, 0.2) is 24.4 Å². The minimum Gasteiger partial charge on any atom is -0.479 e. The Kier molecular flexibility index (Phi) is 3.45. The molecular weight excluding hydrogens is 314 g/mol. The standard InChI is InChI=1S/C11H9N5O7/c1-13-8(5-12-11(13)16(21)22)6-23-10-3-2-7(14(17)18)4-9(10)15(19)20/h2-5H,6H2,1H3/i6D2. The lowest BCUT2D eigenvalue weighted by molar-refractivity contribution is -0.396. The number of imidazole rings is 1. The first-order valence-electron chi connectivity index (χ1n) is 6.83. The molecule has 12 heteroatoms. The number of rotatable bonds is 6. The van der Waals surface area contributed by atoms with Crippen LogP contribution in [0.1, 0.15) is 8.44 Å². The van der Waals surface area contributed by atoms with Crippen LogP contribution in [0.25, 0.3) is 0 Å². The molecule has 0 spiro atoms. The van der Waals surface area contributed by atoms with Gasteiger partial charge < -0.3 is 14.9 Å². The zero-order chi connectivity index (χ0) is 18.9. The van der Waals surface area contributed by atoms with Crippen molar-refractivity contribution in [1.29, 1.82) is 0 Å². The van der Waals surface area contributed by atoms with Crippen LogP contribution in [0, 0.1) is 30.3 Å².